The molecule has 3 rings (SSSR count). The fourth-order valence-corrected chi connectivity index (χ4v) is 1.98. The molecule has 2 aromatic heterocycles. The number of hydrogen-bond acceptors (Lipinski definition) is 5. The quantitative estimate of drug-likeness (QED) is 0.795. The Morgan fingerprint density at radius 3 is 2.65 bits per heavy atom. The van der Waals surface area contributed by atoms with Gasteiger partial charge in [-0.1, -0.05) is 16.8 Å². The Balaban J connectivity index is 1.74. The summed E-state index contributed by atoms with van der Waals surface area (Å²) in [7, 11) is 1.52. The first kappa shape index (κ1) is 15.0. The Kier molecular flexibility index (Phi) is 4.20. The molecule has 0 spiro atoms. The van der Waals surface area contributed by atoms with E-state index in [1.165, 1.54) is 24.2 Å². The van der Waals surface area contributed by atoms with Crippen LogP contribution in [0.4, 0.5) is 5.69 Å². The highest BCUT2D eigenvalue weighted by atomic mass is 35.5. The van der Waals surface area contributed by atoms with Crippen LogP contribution in [0.2, 0.25) is 5.02 Å². The highest BCUT2D eigenvalue weighted by molar-refractivity contribution is 6.30. The Morgan fingerprint density at radius 1 is 1.22 bits per heavy atom. The van der Waals surface area contributed by atoms with Gasteiger partial charge < -0.3 is 10.1 Å². The number of rotatable bonds is 4. The van der Waals surface area contributed by atoms with Crippen molar-refractivity contribution in [2.75, 3.05) is 12.4 Å². The van der Waals surface area contributed by atoms with Gasteiger partial charge >= 0.3 is 0 Å². The predicted molar refractivity (Wildman–Crippen MR) is 85.1 cm³/mol. The summed E-state index contributed by atoms with van der Waals surface area (Å²) in [4.78, 5) is 16.2. The molecular weight excluding hydrogens is 318 g/mol. The lowest BCUT2D eigenvalue weighted by molar-refractivity contribution is 0.102. The average Bonchev–Trinajstić information content (AvgIpc) is 3.06. The molecule has 0 aliphatic heterocycles. The highest BCUT2D eigenvalue weighted by Crippen LogP contribution is 2.14. The summed E-state index contributed by atoms with van der Waals surface area (Å²) in [6.45, 7) is 0. The van der Waals surface area contributed by atoms with E-state index in [0.717, 1.165) is 5.69 Å². The van der Waals surface area contributed by atoms with Crippen molar-refractivity contribution in [3.05, 3.63) is 59.5 Å². The summed E-state index contributed by atoms with van der Waals surface area (Å²) in [6.07, 6.45) is 3.04. The van der Waals surface area contributed by atoms with Crippen LogP contribution in [0, 0.1) is 0 Å². The van der Waals surface area contributed by atoms with Crippen molar-refractivity contribution >= 4 is 23.2 Å². The van der Waals surface area contributed by atoms with E-state index in [4.69, 9.17) is 16.3 Å². The first-order valence-corrected chi connectivity index (χ1v) is 7.03. The van der Waals surface area contributed by atoms with Crippen LogP contribution in [-0.2, 0) is 0 Å². The fourth-order valence-electron chi connectivity index (χ4n) is 1.86. The van der Waals surface area contributed by atoms with E-state index in [0.29, 0.717) is 16.6 Å². The molecule has 0 bridgehead atoms. The summed E-state index contributed by atoms with van der Waals surface area (Å²) in [5.74, 6) is 0.0915. The summed E-state index contributed by atoms with van der Waals surface area (Å²) in [6, 6.07) is 10.4. The van der Waals surface area contributed by atoms with Gasteiger partial charge in [0.05, 0.1) is 30.9 Å². The summed E-state index contributed by atoms with van der Waals surface area (Å²) in [5.41, 5.74) is 1.49. The van der Waals surface area contributed by atoms with Crippen LogP contribution in [-0.4, -0.2) is 33.0 Å². The SMILES string of the molecule is COc1ccc(NC(=O)c2cn(-c3ccc(Cl)cc3)nn2)cn1. The Bertz CT molecular complexity index is 815. The number of amides is 1. The Morgan fingerprint density at radius 2 is 2.00 bits per heavy atom. The fraction of sp³-hybridized carbons (Fsp3) is 0.0667. The van der Waals surface area contributed by atoms with Crippen LogP contribution < -0.4 is 10.1 Å². The van der Waals surface area contributed by atoms with Gasteiger partial charge in [0.2, 0.25) is 5.88 Å². The molecule has 0 fully saturated rings. The number of hydrogen-bond donors (Lipinski definition) is 1. The molecular formula is C15H12ClN5O2. The van der Waals surface area contributed by atoms with Gasteiger partial charge in [0.25, 0.3) is 5.91 Å². The van der Waals surface area contributed by atoms with E-state index in [1.54, 1.807) is 36.4 Å². The highest BCUT2D eigenvalue weighted by Gasteiger charge is 2.12. The van der Waals surface area contributed by atoms with Crippen LogP contribution >= 0.6 is 11.6 Å². The van der Waals surface area contributed by atoms with Crippen LogP contribution in [0.3, 0.4) is 0 Å². The van der Waals surface area contributed by atoms with E-state index in [9.17, 15) is 4.79 Å². The first-order valence-electron chi connectivity index (χ1n) is 6.65. The monoisotopic (exact) mass is 329 g/mol. The molecule has 7 nitrogen and oxygen atoms in total. The molecule has 2 heterocycles. The third-order valence-corrected chi connectivity index (χ3v) is 3.27. The molecule has 3 aromatic rings. The maximum atomic E-state index is 12.2. The number of benzene rings is 1. The van der Waals surface area contributed by atoms with Crippen molar-refractivity contribution in [1.29, 1.82) is 0 Å². The number of ether oxygens (including phenoxy) is 1. The van der Waals surface area contributed by atoms with Gasteiger partial charge in [-0.3, -0.25) is 4.79 Å². The third-order valence-electron chi connectivity index (χ3n) is 3.02. The van der Waals surface area contributed by atoms with Crippen molar-refractivity contribution in [2.24, 2.45) is 0 Å². The minimum atomic E-state index is -0.378. The molecule has 0 atom stereocenters. The van der Waals surface area contributed by atoms with Gasteiger partial charge in [0.1, 0.15) is 0 Å². The lowest BCUT2D eigenvalue weighted by Gasteiger charge is -2.03. The first-order chi connectivity index (χ1) is 11.2. The zero-order valence-electron chi connectivity index (χ0n) is 12.1. The molecule has 0 unspecified atom stereocenters. The molecule has 23 heavy (non-hydrogen) atoms. The number of halogens is 1. The maximum absolute atomic E-state index is 12.2. The van der Waals surface area contributed by atoms with Gasteiger partial charge in [0.15, 0.2) is 5.69 Å². The van der Waals surface area contributed by atoms with Crippen molar-refractivity contribution in [3.8, 4) is 11.6 Å². The minimum Gasteiger partial charge on any atom is -0.481 e. The van der Waals surface area contributed by atoms with E-state index in [2.05, 4.69) is 20.6 Å². The van der Waals surface area contributed by atoms with E-state index >= 15 is 0 Å². The number of nitrogens with one attached hydrogen (secondary N) is 1. The zero-order chi connectivity index (χ0) is 16.2. The largest absolute Gasteiger partial charge is 0.481 e. The normalized spacial score (nSPS) is 10.3. The molecule has 8 heteroatoms. The molecule has 1 aromatic carbocycles. The number of methoxy groups -OCH3 is 1. The Hall–Kier alpha value is -2.93. The van der Waals surface area contributed by atoms with Gasteiger partial charge in [-0.05, 0) is 30.3 Å². The van der Waals surface area contributed by atoms with Crippen LogP contribution in [0.1, 0.15) is 10.5 Å². The van der Waals surface area contributed by atoms with Crippen molar-refractivity contribution < 1.29 is 9.53 Å². The molecule has 0 saturated heterocycles. The van der Waals surface area contributed by atoms with Crippen molar-refractivity contribution in [3.63, 3.8) is 0 Å². The van der Waals surface area contributed by atoms with Crippen LogP contribution in [0.5, 0.6) is 5.88 Å². The number of nitrogens with zero attached hydrogens (tertiary/aromatic N) is 4. The molecule has 1 amide bonds. The van der Waals surface area contributed by atoms with Crippen LogP contribution in [0.25, 0.3) is 5.69 Å². The van der Waals surface area contributed by atoms with E-state index in [1.807, 2.05) is 0 Å². The number of aromatic nitrogens is 4. The molecule has 116 valence electrons. The molecule has 0 aliphatic rings. The standard InChI is InChI=1S/C15H12ClN5O2/c1-23-14-7-4-11(8-17-14)18-15(22)13-9-21(20-19-13)12-5-2-10(16)3-6-12/h2-9H,1H3,(H,18,22). The van der Waals surface area contributed by atoms with Crippen molar-refractivity contribution in [2.45, 2.75) is 0 Å². The number of carbonyl (C=O) groups excluding carboxylic acids is 1. The smallest absolute Gasteiger partial charge is 0.277 e. The number of pyridine rings is 1. The van der Waals surface area contributed by atoms with Gasteiger partial charge in [-0.15, -0.1) is 5.10 Å². The van der Waals surface area contributed by atoms with Gasteiger partial charge in [-0.25, -0.2) is 9.67 Å². The zero-order valence-corrected chi connectivity index (χ0v) is 12.9. The average molecular weight is 330 g/mol. The molecule has 0 radical (unpaired) electrons. The van der Waals surface area contributed by atoms with Gasteiger partial charge in [-0.2, -0.15) is 0 Å². The maximum Gasteiger partial charge on any atom is 0.277 e. The number of carbonyl (C=O) groups is 1. The molecule has 1 N–H and O–H groups in total. The third kappa shape index (κ3) is 3.46. The number of anilines is 1. The second kappa shape index (κ2) is 6.45. The van der Waals surface area contributed by atoms with Gasteiger partial charge in [0, 0.05) is 11.1 Å². The molecule has 0 saturated carbocycles. The second-order valence-corrected chi connectivity index (χ2v) is 5.00. The summed E-state index contributed by atoms with van der Waals surface area (Å²) >= 11 is 5.84. The van der Waals surface area contributed by atoms with Crippen molar-refractivity contribution in [1.82, 2.24) is 20.0 Å². The van der Waals surface area contributed by atoms with E-state index < -0.39 is 0 Å². The van der Waals surface area contributed by atoms with E-state index in [-0.39, 0.29) is 11.6 Å². The topological polar surface area (TPSA) is 81.9 Å². The lowest BCUT2D eigenvalue weighted by Crippen LogP contribution is -2.12. The molecule has 0 aliphatic carbocycles. The summed E-state index contributed by atoms with van der Waals surface area (Å²) < 4.78 is 6.46. The van der Waals surface area contributed by atoms with Crippen LogP contribution in [0.15, 0.2) is 48.8 Å². The lowest BCUT2D eigenvalue weighted by atomic mass is 10.3. The Labute approximate surface area is 136 Å². The second-order valence-electron chi connectivity index (χ2n) is 4.57. The predicted octanol–water partition coefficient (Wildman–Crippen LogP) is 2.58. The summed E-state index contributed by atoms with van der Waals surface area (Å²) in [5, 5.41) is 11.1. The minimum absolute atomic E-state index is 0.191.